The van der Waals surface area contributed by atoms with E-state index in [1.807, 2.05) is 31.2 Å². The number of hydrogen-bond donors (Lipinski definition) is 2. The number of aromatic amines is 1. The molecule has 0 aliphatic heterocycles. The van der Waals surface area contributed by atoms with Gasteiger partial charge in [-0.25, -0.2) is 19.7 Å². The van der Waals surface area contributed by atoms with Crippen molar-refractivity contribution in [3.63, 3.8) is 0 Å². The van der Waals surface area contributed by atoms with Gasteiger partial charge >= 0.3 is 12.1 Å². The number of carboxylic acid groups (broad SMARTS) is 1. The van der Waals surface area contributed by atoms with E-state index in [4.69, 9.17) is 14.3 Å². The molecule has 5 rings (SSSR count). The molecule has 0 atom stereocenters. The maximum absolute atomic E-state index is 11.0. The molecule has 0 amide bonds. The highest BCUT2D eigenvalue weighted by Crippen LogP contribution is 2.35. The molecule has 0 bridgehead atoms. The molecule has 0 aliphatic carbocycles. The first kappa shape index (κ1) is 23.9. The Kier molecular flexibility index (Phi) is 6.30. The van der Waals surface area contributed by atoms with Crippen molar-refractivity contribution in [2.24, 2.45) is 0 Å². The average Bonchev–Trinajstić information content (AvgIpc) is 3.37. The highest BCUT2D eigenvalue weighted by Gasteiger charge is 2.38. The van der Waals surface area contributed by atoms with Crippen LogP contribution in [0.3, 0.4) is 0 Å². The Morgan fingerprint density at radius 2 is 1.91 bits per heavy atom. The molecule has 2 aromatic carbocycles. The van der Waals surface area contributed by atoms with Gasteiger partial charge in [0.15, 0.2) is 5.58 Å². The number of imidazole rings is 1. The molecule has 0 saturated carbocycles. The molecule has 2 N–H and O–H groups in total. The van der Waals surface area contributed by atoms with Gasteiger partial charge in [0.25, 0.3) is 5.69 Å². The molecular weight excluding hydrogens is 491 g/mol. The Hall–Kier alpha value is -4.20. The van der Waals surface area contributed by atoms with Crippen LogP contribution in [0, 0.1) is 17.0 Å². The van der Waals surface area contributed by atoms with E-state index in [1.165, 1.54) is 23.9 Å². The summed E-state index contributed by atoms with van der Waals surface area (Å²) >= 11 is 1.49. The van der Waals surface area contributed by atoms with Crippen LogP contribution >= 0.6 is 11.8 Å². The summed E-state index contributed by atoms with van der Waals surface area (Å²) in [5, 5.41) is 19.6. The van der Waals surface area contributed by atoms with Gasteiger partial charge in [-0.1, -0.05) is 23.9 Å². The van der Waals surface area contributed by atoms with Crippen molar-refractivity contribution in [3.05, 3.63) is 64.2 Å². The molecule has 0 saturated heterocycles. The molecule has 3 heterocycles. The van der Waals surface area contributed by atoms with Crippen molar-refractivity contribution >= 4 is 56.5 Å². The second kappa shape index (κ2) is 9.21. The summed E-state index contributed by atoms with van der Waals surface area (Å²) in [6.07, 6.45) is -5.08. The van der Waals surface area contributed by atoms with Gasteiger partial charge in [-0.3, -0.25) is 10.1 Å². The highest BCUT2D eigenvalue weighted by atomic mass is 32.2. The molecule has 35 heavy (non-hydrogen) atoms. The molecule has 0 spiro atoms. The SMILES string of the molecule is Cc1nc(SCc2nc3ccccc3[nH]2)c2oc3cc([N+](=O)[O-])ccc3c2n1.O=C(O)C(F)(F)F. The number of aliphatic carboxylic acids is 1. The van der Waals surface area contributed by atoms with Crippen molar-refractivity contribution in [1.82, 2.24) is 19.9 Å². The van der Waals surface area contributed by atoms with E-state index in [0.29, 0.717) is 33.3 Å². The fourth-order valence-corrected chi connectivity index (χ4v) is 4.01. The number of halogens is 3. The molecule has 5 aromatic rings. The Labute approximate surface area is 197 Å². The van der Waals surface area contributed by atoms with Crippen LogP contribution < -0.4 is 0 Å². The van der Waals surface area contributed by atoms with Gasteiger partial charge < -0.3 is 14.5 Å². The number of carbonyl (C=O) groups is 1. The number of fused-ring (bicyclic) bond motifs is 4. The van der Waals surface area contributed by atoms with Crippen LogP contribution in [0.15, 0.2) is 51.9 Å². The second-order valence-corrected chi connectivity index (χ2v) is 8.05. The molecule has 0 aliphatic rings. The minimum Gasteiger partial charge on any atom is -0.475 e. The third-order valence-electron chi connectivity index (χ3n) is 4.62. The number of nitrogens with zero attached hydrogens (tertiary/aromatic N) is 4. The first-order chi connectivity index (χ1) is 16.5. The Morgan fingerprint density at radius 1 is 1.20 bits per heavy atom. The summed E-state index contributed by atoms with van der Waals surface area (Å²) in [5.74, 6) is -0.729. The lowest BCUT2D eigenvalue weighted by Gasteiger charge is -2.01. The second-order valence-electron chi connectivity index (χ2n) is 7.09. The third-order valence-corrected chi connectivity index (χ3v) is 5.58. The van der Waals surface area contributed by atoms with Gasteiger partial charge in [0.05, 0.1) is 27.8 Å². The van der Waals surface area contributed by atoms with E-state index in [9.17, 15) is 23.3 Å². The summed E-state index contributed by atoms with van der Waals surface area (Å²) in [7, 11) is 0. The van der Waals surface area contributed by atoms with E-state index in [1.54, 1.807) is 6.07 Å². The van der Waals surface area contributed by atoms with Crippen LogP contribution in [0.4, 0.5) is 18.9 Å². The number of hydrogen-bond acceptors (Lipinski definition) is 8. The lowest BCUT2D eigenvalue weighted by Crippen LogP contribution is -2.21. The van der Waals surface area contributed by atoms with Gasteiger partial charge in [-0.05, 0) is 25.1 Å². The Balaban J connectivity index is 0.000000364. The number of furan rings is 1. The molecule has 0 unspecified atom stereocenters. The van der Waals surface area contributed by atoms with Crippen molar-refractivity contribution in [3.8, 4) is 0 Å². The summed E-state index contributed by atoms with van der Waals surface area (Å²) in [4.78, 5) is 36.3. The number of non-ortho nitro benzene ring substituents is 1. The molecular formula is C21H14F3N5O5S. The Bertz CT molecular complexity index is 1550. The number of thioether (sulfide) groups is 1. The summed E-state index contributed by atoms with van der Waals surface area (Å²) in [6, 6.07) is 12.4. The summed E-state index contributed by atoms with van der Waals surface area (Å²) in [6.45, 7) is 1.81. The zero-order valence-corrected chi connectivity index (χ0v) is 18.5. The van der Waals surface area contributed by atoms with E-state index >= 15 is 0 Å². The fourth-order valence-electron chi connectivity index (χ4n) is 3.13. The highest BCUT2D eigenvalue weighted by molar-refractivity contribution is 7.98. The number of rotatable bonds is 4. The van der Waals surface area contributed by atoms with Crippen molar-refractivity contribution in [2.45, 2.75) is 23.9 Å². The number of benzene rings is 2. The minimum absolute atomic E-state index is 0.0206. The first-order valence-corrected chi connectivity index (χ1v) is 10.7. The maximum Gasteiger partial charge on any atom is 0.490 e. The number of aromatic nitrogens is 4. The standard InChI is InChI=1S/C19H13N5O3S.C2HF3O2/c1-10-20-17-12-7-6-11(24(25)26)8-15(12)27-18(17)19(21-10)28-9-16-22-13-4-2-3-5-14(13)23-16;3-2(4,5)1(6)7/h2-8H,9H2,1H3,(H,22,23);(H,6,7). The zero-order valence-electron chi connectivity index (χ0n) is 17.7. The molecule has 14 heteroatoms. The predicted molar refractivity (Wildman–Crippen MR) is 120 cm³/mol. The molecule has 0 fully saturated rings. The number of nitro benzene ring substituents is 1. The molecule has 3 aromatic heterocycles. The van der Waals surface area contributed by atoms with Gasteiger partial charge in [-0.15, -0.1) is 0 Å². The van der Waals surface area contributed by atoms with Crippen LogP contribution in [-0.2, 0) is 10.5 Å². The monoisotopic (exact) mass is 505 g/mol. The number of nitrogens with one attached hydrogen (secondary N) is 1. The van der Waals surface area contributed by atoms with Crippen molar-refractivity contribution in [2.75, 3.05) is 0 Å². The van der Waals surface area contributed by atoms with Gasteiger partial charge in [0.2, 0.25) is 0 Å². The van der Waals surface area contributed by atoms with Crippen LogP contribution in [0.5, 0.6) is 0 Å². The van der Waals surface area contributed by atoms with Gasteiger partial charge in [-0.2, -0.15) is 13.2 Å². The summed E-state index contributed by atoms with van der Waals surface area (Å²) in [5.41, 5.74) is 3.49. The normalized spacial score (nSPS) is 11.5. The molecule has 10 nitrogen and oxygen atoms in total. The lowest BCUT2D eigenvalue weighted by atomic mass is 10.2. The number of alkyl halides is 3. The number of nitro groups is 1. The topological polar surface area (TPSA) is 148 Å². The van der Waals surface area contributed by atoms with E-state index < -0.39 is 17.1 Å². The van der Waals surface area contributed by atoms with Crippen molar-refractivity contribution in [1.29, 1.82) is 0 Å². The summed E-state index contributed by atoms with van der Waals surface area (Å²) < 4.78 is 37.6. The number of aryl methyl sites for hydroxylation is 1. The lowest BCUT2D eigenvalue weighted by molar-refractivity contribution is -0.384. The number of H-pyrrole nitrogens is 1. The Morgan fingerprint density at radius 3 is 2.57 bits per heavy atom. The number of para-hydroxylation sites is 2. The quantitative estimate of drug-likeness (QED) is 0.142. The van der Waals surface area contributed by atoms with E-state index in [-0.39, 0.29) is 5.69 Å². The maximum atomic E-state index is 11.0. The van der Waals surface area contributed by atoms with E-state index in [2.05, 4.69) is 19.9 Å². The minimum atomic E-state index is -5.08. The van der Waals surface area contributed by atoms with Crippen LogP contribution in [-0.4, -0.2) is 42.1 Å². The largest absolute Gasteiger partial charge is 0.490 e. The predicted octanol–water partition coefficient (Wildman–Crippen LogP) is 5.39. The van der Waals surface area contributed by atoms with Gasteiger partial charge in [0, 0.05) is 11.5 Å². The average molecular weight is 505 g/mol. The van der Waals surface area contributed by atoms with Crippen LogP contribution in [0.2, 0.25) is 0 Å². The van der Waals surface area contributed by atoms with Crippen LogP contribution in [0.1, 0.15) is 11.6 Å². The third kappa shape index (κ3) is 5.16. The van der Waals surface area contributed by atoms with Crippen molar-refractivity contribution < 1.29 is 32.4 Å². The van der Waals surface area contributed by atoms with Gasteiger partial charge in [0.1, 0.15) is 27.8 Å². The number of carboxylic acids is 1. The molecule has 0 radical (unpaired) electrons. The molecule has 180 valence electrons. The smallest absolute Gasteiger partial charge is 0.475 e. The first-order valence-electron chi connectivity index (χ1n) is 9.75. The zero-order chi connectivity index (χ0) is 25.3. The fraction of sp³-hybridized carbons (Fsp3) is 0.143. The van der Waals surface area contributed by atoms with E-state index in [0.717, 1.165) is 22.2 Å². The van der Waals surface area contributed by atoms with Crippen LogP contribution in [0.25, 0.3) is 33.1 Å².